The van der Waals surface area contributed by atoms with E-state index in [2.05, 4.69) is 16.8 Å². The standard InChI is InChI=1S/C12H14N2O/c13-11-4-6-12(14-8-11)5-3-10-2-1-7-15-9-10/h4,6,8,10H,1-2,7,9,13H2. The molecular weight excluding hydrogens is 188 g/mol. The summed E-state index contributed by atoms with van der Waals surface area (Å²) in [7, 11) is 0. The third-order valence-corrected chi connectivity index (χ3v) is 2.35. The van der Waals surface area contributed by atoms with Gasteiger partial charge in [0.1, 0.15) is 5.69 Å². The van der Waals surface area contributed by atoms with Crippen LogP contribution < -0.4 is 5.73 Å². The van der Waals surface area contributed by atoms with E-state index >= 15 is 0 Å². The molecule has 1 atom stereocenters. The van der Waals surface area contributed by atoms with Crippen LogP contribution in [0.25, 0.3) is 0 Å². The van der Waals surface area contributed by atoms with Crippen molar-refractivity contribution in [1.29, 1.82) is 0 Å². The lowest BCUT2D eigenvalue weighted by Gasteiger charge is -2.16. The van der Waals surface area contributed by atoms with Gasteiger partial charge >= 0.3 is 0 Å². The molecule has 1 aliphatic heterocycles. The predicted octanol–water partition coefficient (Wildman–Crippen LogP) is 1.44. The number of anilines is 1. The van der Waals surface area contributed by atoms with E-state index in [4.69, 9.17) is 10.5 Å². The van der Waals surface area contributed by atoms with Crippen LogP contribution in [-0.2, 0) is 4.74 Å². The third kappa shape index (κ3) is 2.97. The molecule has 1 aromatic rings. The molecule has 0 saturated carbocycles. The second-order valence-corrected chi connectivity index (χ2v) is 3.66. The van der Waals surface area contributed by atoms with Gasteiger partial charge in [0, 0.05) is 12.5 Å². The maximum absolute atomic E-state index is 5.53. The van der Waals surface area contributed by atoms with E-state index in [1.54, 1.807) is 6.20 Å². The Hall–Kier alpha value is -1.53. The van der Waals surface area contributed by atoms with Crippen molar-refractivity contribution in [2.75, 3.05) is 18.9 Å². The fourth-order valence-corrected chi connectivity index (χ4v) is 1.51. The van der Waals surface area contributed by atoms with Crippen LogP contribution in [0.5, 0.6) is 0 Å². The van der Waals surface area contributed by atoms with Gasteiger partial charge in [-0.15, -0.1) is 0 Å². The molecule has 1 fully saturated rings. The molecule has 0 aromatic carbocycles. The summed E-state index contributed by atoms with van der Waals surface area (Å²) < 4.78 is 5.35. The number of hydrogen-bond donors (Lipinski definition) is 1. The van der Waals surface area contributed by atoms with Crippen molar-refractivity contribution in [2.45, 2.75) is 12.8 Å². The summed E-state index contributed by atoms with van der Waals surface area (Å²) in [6.45, 7) is 1.63. The molecule has 78 valence electrons. The number of pyridine rings is 1. The van der Waals surface area contributed by atoms with Crippen molar-refractivity contribution in [3.63, 3.8) is 0 Å². The highest BCUT2D eigenvalue weighted by Crippen LogP contribution is 2.12. The van der Waals surface area contributed by atoms with Crippen molar-refractivity contribution in [3.05, 3.63) is 24.0 Å². The van der Waals surface area contributed by atoms with E-state index in [0.717, 1.165) is 31.7 Å². The lowest BCUT2D eigenvalue weighted by molar-refractivity contribution is 0.0740. The molecule has 2 rings (SSSR count). The Bertz CT molecular complexity index is 369. The van der Waals surface area contributed by atoms with E-state index in [-0.39, 0.29) is 0 Å². The molecule has 1 aliphatic rings. The third-order valence-electron chi connectivity index (χ3n) is 2.35. The molecule has 3 heteroatoms. The van der Waals surface area contributed by atoms with Gasteiger partial charge in [0.2, 0.25) is 0 Å². The van der Waals surface area contributed by atoms with Crippen LogP contribution >= 0.6 is 0 Å². The molecule has 1 unspecified atom stereocenters. The molecule has 0 amide bonds. The van der Waals surface area contributed by atoms with E-state index in [1.807, 2.05) is 12.1 Å². The van der Waals surface area contributed by atoms with Crippen molar-refractivity contribution in [3.8, 4) is 11.8 Å². The second kappa shape index (κ2) is 4.81. The van der Waals surface area contributed by atoms with Gasteiger partial charge in [-0.3, -0.25) is 0 Å². The molecule has 2 heterocycles. The minimum Gasteiger partial charge on any atom is -0.397 e. The average Bonchev–Trinajstić information content (AvgIpc) is 2.30. The first-order valence-corrected chi connectivity index (χ1v) is 5.15. The first-order chi connectivity index (χ1) is 7.34. The Morgan fingerprint density at radius 1 is 1.47 bits per heavy atom. The second-order valence-electron chi connectivity index (χ2n) is 3.66. The normalized spacial score (nSPS) is 20.4. The fraction of sp³-hybridized carbons (Fsp3) is 0.417. The van der Waals surface area contributed by atoms with Crippen LogP contribution in [0.15, 0.2) is 18.3 Å². The largest absolute Gasteiger partial charge is 0.397 e. The molecule has 0 aliphatic carbocycles. The van der Waals surface area contributed by atoms with Gasteiger partial charge < -0.3 is 10.5 Å². The van der Waals surface area contributed by atoms with E-state index in [1.165, 1.54) is 0 Å². The van der Waals surface area contributed by atoms with Crippen LogP contribution in [0.1, 0.15) is 18.5 Å². The lowest BCUT2D eigenvalue weighted by Crippen LogP contribution is -2.15. The van der Waals surface area contributed by atoms with Crippen LogP contribution in [0, 0.1) is 17.8 Å². The van der Waals surface area contributed by atoms with Crippen LogP contribution in [0.3, 0.4) is 0 Å². The van der Waals surface area contributed by atoms with E-state index in [0.29, 0.717) is 11.6 Å². The molecule has 15 heavy (non-hydrogen) atoms. The van der Waals surface area contributed by atoms with Gasteiger partial charge in [-0.05, 0) is 30.9 Å². The Morgan fingerprint density at radius 3 is 3.07 bits per heavy atom. The molecule has 3 nitrogen and oxygen atoms in total. The van der Waals surface area contributed by atoms with Gasteiger partial charge in [0.15, 0.2) is 0 Å². The fourth-order valence-electron chi connectivity index (χ4n) is 1.51. The summed E-state index contributed by atoms with van der Waals surface area (Å²) in [5, 5.41) is 0. The Kier molecular flexibility index (Phi) is 3.21. The summed E-state index contributed by atoms with van der Waals surface area (Å²) in [5.41, 5.74) is 6.98. The van der Waals surface area contributed by atoms with Crippen molar-refractivity contribution < 1.29 is 4.74 Å². The van der Waals surface area contributed by atoms with Gasteiger partial charge in [0.25, 0.3) is 0 Å². The number of ether oxygens (including phenoxy) is 1. The molecule has 1 saturated heterocycles. The number of nitrogen functional groups attached to an aromatic ring is 1. The predicted molar refractivity (Wildman–Crippen MR) is 59.1 cm³/mol. The summed E-state index contributed by atoms with van der Waals surface area (Å²) in [5.74, 6) is 6.58. The maximum Gasteiger partial charge on any atom is 0.113 e. The number of hydrogen-bond acceptors (Lipinski definition) is 3. The molecule has 2 N–H and O–H groups in total. The van der Waals surface area contributed by atoms with Crippen LogP contribution in [-0.4, -0.2) is 18.2 Å². The number of nitrogens with two attached hydrogens (primary N) is 1. The molecule has 0 bridgehead atoms. The molecule has 1 aromatic heterocycles. The Balaban J connectivity index is 2.00. The highest BCUT2D eigenvalue weighted by Gasteiger charge is 2.10. The van der Waals surface area contributed by atoms with E-state index in [9.17, 15) is 0 Å². The maximum atomic E-state index is 5.53. The molecular formula is C12H14N2O. The average molecular weight is 202 g/mol. The topological polar surface area (TPSA) is 48.1 Å². The minimum absolute atomic E-state index is 0.359. The zero-order chi connectivity index (χ0) is 10.5. The zero-order valence-electron chi connectivity index (χ0n) is 8.57. The lowest BCUT2D eigenvalue weighted by atomic mass is 10.0. The summed E-state index contributed by atoms with van der Waals surface area (Å²) in [6, 6.07) is 3.65. The van der Waals surface area contributed by atoms with Gasteiger partial charge in [0.05, 0.1) is 18.5 Å². The number of aromatic nitrogens is 1. The monoisotopic (exact) mass is 202 g/mol. The number of nitrogens with zero attached hydrogens (tertiary/aromatic N) is 1. The Morgan fingerprint density at radius 2 is 2.40 bits per heavy atom. The van der Waals surface area contributed by atoms with Crippen LogP contribution in [0.2, 0.25) is 0 Å². The van der Waals surface area contributed by atoms with Gasteiger partial charge in [-0.25, -0.2) is 4.98 Å². The van der Waals surface area contributed by atoms with Crippen molar-refractivity contribution in [1.82, 2.24) is 4.98 Å². The summed E-state index contributed by atoms with van der Waals surface area (Å²) >= 11 is 0. The summed E-state index contributed by atoms with van der Waals surface area (Å²) in [4.78, 5) is 4.12. The minimum atomic E-state index is 0.359. The number of rotatable bonds is 0. The van der Waals surface area contributed by atoms with Gasteiger partial charge in [-0.2, -0.15) is 0 Å². The molecule has 0 radical (unpaired) electrons. The van der Waals surface area contributed by atoms with Crippen molar-refractivity contribution >= 4 is 5.69 Å². The van der Waals surface area contributed by atoms with Crippen molar-refractivity contribution in [2.24, 2.45) is 5.92 Å². The first-order valence-electron chi connectivity index (χ1n) is 5.15. The Labute approximate surface area is 89.7 Å². The quantitative estimate of drug-likeness (QED) is 0.648. The highest BCUT2D eigenvalue weighted by molar-refractivity contribution is 5.39. The first kappa shape index (κ1) is 10.0. The molecule has 0 spiro atoms. The SMILES string of the molecule is Nc1ccc(C#CC2CCCOC2)nc1. The van der Waals surface area contributed by atoms with Gasteiger partial charge in [-0.1, -0.05) is 5.92 Å². The highest BCUT2D eigenvalue weighted by atomic mass is 16.5. The van der Waals surface area contributed by atoms with E-state index < -0.39 is 0 Å². The summed E-state index contributed by atoms with van der Waals surface area (Å²) in [6.07, 6.45) is 3.86. The smallest absolute Gasteiger partial charge is 0.113 e. The van der Waals surface area contributed by atoms with Crippen LogP contribution in [0.4, 0.5) is 5.69 Å². The zero-order valence-corrected chi connectivity index (χ0v) is 8.57.